The van der Waals surface area contributed by atoms with Crippen molar-refractivity contribution in [3.8, 4) is 0 Å². The van der Waals surface area contributed by atoms with Crippen LogP contribution >= 0.6 is 0 Å². The van der Waals surface area contributed by atoms with E-state index in [4.69, 9.17) is 0 Å². The monoisotopic (exact) mass is 395 g/mol. The van der Waals surface area contributed by atoms with Crippen molar-refractivity contribution in [2.24, 2.45) is 0 Å². The van der Waals surface area contributed by atoms with E-state index in [2.05, 4.69) is 34.8 Å². The lowest BCUT2D eigenvalue weighted by Crippen LogP contribution is -2.35. The maximum Gasteiger partial charge on any atom is 0.218 e. The highest BCUT2D eigenvalue weighted by Gasteiger charge is 2.25. The van der Waals surface area contributed by atoms with Crippen molar-refractivity contribution in [2.45, 2.75) is 32.1 Å². The van der Waals surface area contributed by atoms with E-state index in [1.165, 1.54) is 11.1 Å². The molecule has 1 aliphatic rings. The van der Waals surface area contributed by atoms with Crippen molar-refractivity contribution in [1.29, 1.82) is 0 Å². The third kappa shape index (κ3) is 3.75. The van der Waals surface area contributed by atoms with Gasteiger partial charge in [0.15, 0.2) is 0 Å². The lowest BCUT2D eigenvalue weighted by molar-refractivity contribution is 0.440. The maximum atomic E-state index is 12.8. The van der Waals surface area contributed by atoms with E-state index in [0.717, 1.165) is 29.6 Å². The molecule has 0 unspecified atom stereocenters. The summed E-state index contributed by atoms with van der Waals surface area (Å²) in [7, 11) is -3.32. The third-order valence-corrected chi connectivity index (χ3v) is 7.02. The molecular weight excluding hydrogens is 370 g/mol. The number of benzene rings is 1. The van der Waals surface area contributed by atoms with Crippen LogP contribution in [-0.4, -0.2) is 35.4 Å². The maximum absolute atomic E-state index is 12.8. The van der Waals surface area contributed by atoms with Crippen molar-refractivity contribution >= 4 is 26.6 Å². The number of aromatic nitrogens is 2. The predicted octanol–water partition coefficient (Wildman–Crippen LogP) is 4.07. The minimum atomic E-state index is -3.32. The van der Waals surface area contributed by atoms with Crippen LogP contribution < -0.4 is 0 Å². The molecule has 0 radical (unpaired) electrons. The zero-order chi connectivity index (χ0) is 19.6. The molecule has 6 heteroatoms. The molecule has 3 heterocycles. The summed E-state index contributed by atoms with van der Waals surface area (Å²) in [4.78, 5) is 4.55. The SMILES string of the molecule is CCCn1cc(C2=CCN(S(=O)(=O)Cc3ccccc3)CC2)c2cccnc21. The van der Waals surface area contributed by atoms with E-state index < -0.39 is 10.0 Å². The van der Waals surface area contributed by atoms with Gasteiger partial charge in [-0.25, -0.2) is 13.4 Å². The Balaban J connectivity index is 1.57. The molecule has 3 aromatic rings. The van der Waals surface area contributed by atoms with E-state index in [9.17, 15) is 8.42 Å². The highest BCUT2D eigenvalue weighted by atomic mass is 32.2. The van der Waals surface area contributed by atoms with E-state index >= 15 is 0 Å². The molecule has 28 heavy (non-hydrogen) atoms. The van der Waals surface area contributed by atoms with Crippen molar-refractivity contribution in [2.75, 3.05) is 13.1 Å². The van der Waals surface area contributed by atoms with Gasteiger partial charge in [0, 0.05) is 43.0 Å². The Morgan fingerprint density at radius 2 is 1.93 bits per heavy atom. The van der Waals surface area contributed by atoms with Crippen LogP contribution in [0.5, 0.6) is 0 Å². The molecule has 4 rings (SSSR count). The van der Waals surface area contributed by atoms with Gasteiger partial charge in [-0.15, -0.1) is 0 Å². The zero-order valence-electron chi connectivity index (χ0n) is 16.1. The summed E-state index contributed by atoms with van der Waals surface area (Å²) in [5.41, 5.74) is 4.21. The predicted molar refractivity (Wildman–Crippen MR) is 113 cm³/mol. The molecule has 0 aliphatic carbocycles. The molecule has 1 aliphatic heterocycles. The van der Waals surface area contributed by atoms with Crippen LogP contribution in [0.4, 0.5) is 0 Å². The smallest absolute Gasteiger partial charge is 0.218 e. The fourth-order valence-corrected chi connectivity index (χ4v) is 5.28. The van der Waals surface area contributed by atoms with Crippen LogP contribution in [-0.2, 0) is 22.3 Å². The van der Waals surface area contributed by atoms with Crippen LogP contribution in [0.25, 0.3) is 16.6 Å². The largest absolute Gasteiger partial charge is 0.332 e. The molecule has 0 fully saturated rings. The summed E-state index contributed by atoms with van der Waals surface area (Å²) in [5.74, 6) is 0.0523. The first-order valence-electron chi connectivity index (χ1n) is 9.73. The van der Waals surface area contributed by atoms with Crippen LogP contribution in [0, 0.1) is 0 Å². The second-order valence-electron chi connectivity index (χ2n) is 7.19. The van der Waals surface area contributed by atoms with Crippen molar-refractivity contribution in [3.63, 3.8) is 0 Å². The first kappa shape index (κ1) is 18.9. The molecule has 0 atom stereocenters. The molecule has 146 valence electrons. The molecule has 5 nitrogen and oxygen atoms in total. The molecule has 0 N–H and O–H groups in total. The van der Waals surface area contributed by atoms with E-state index in [-0.39, 0.29) is 5.75 Å². The van der Waals surface area contributed by atoms with Gasteiger partial charge in [-0.05, 0) is 36.1 Å². The average molecular weight is 396 g/mol. The van der Waals surface area contributed by atoms with Crippen LogP contribution in [0.2, 0.25) is 0 Å². The Kier molecular flexibility index (Phi) is 5.33. The molecular formula is C22H25N3O2S. The van der Waals surface area contributed by atoms with Crippen molar-refractivity contribution in [1.82, 2.24) is 13.9 Å². The van der Waals surface area contributed by atoms with Gasteiger partial charge in [-0.3, -0.25) is 0 Å². The highest BCUT2D eigenvalue weighted by Crippen LogP contribution is 2.31. The average Bonchev–Trinajstić information content (AvgIpc) is 3.08. The summed E-state index contributed by atoms with van der Waals surface area (Å²) in [6.07, 6.45) is 7.81. The van der Waals surface area contributed by atoms with E-state index in [1.54, 1.807) is 4.31 Å². The van der Waals surface area contributed by atoms with Gasteiger partial charge < -0.3 is 4.57 Å². The Hall–Kier alpha value is -2.44. The molecule has 0 bridgehead atoms. The van der Waals surface area contributed by atoms with Crippen LogP contribution in [0.3, 0.4) is 0 Å². The number of hydrogen-bond donors (Lipinski definition) is 0. The number of pyridine rings is 1. The topological polar surface area (TPSA) is 55.2 Å². The minimum Gasteiger partial charge on any atom is -0.332 e. The molecule has 0 spiro atoms. The first-order valence-corrected chi connectivity index (χ1v) is 11.3. The number of aryl methyl sites for hydroxylation is 1. The number of nitrogens with zero attached hydrogens (tertiary/aromatic N) is 3. The molecule has 2 aromatic heterocycles. The van der Waals surface area contributed by atoms with E-state index in [1.807, 2.05) is 42.6 Å². The fourth-order valence-electron chi connectivity index (χ4n) is 3.81. The number of fused-ring (bicyclic) bond motifs is 1. The Morgan fingerprint density at radius 3 is 2.64 bits per heavy atom. The summed E-state index contributed by atoms with van der Waals surface area (Å²) >= 11 is 0. The third-order valence-electron chi connectivity index (χ3n) is 5.20. The summed E-state index contributed by atoms with van der Waals surface area (Å²) in [5, 5.41) is 1.14. The van der Waals surface area contributed by atoms with Gasteiger partial charge in [-0.1, -0.05) is 43.3 Å². The first-order chi connectivity index (χ1) is 13.6. The van der Waals surface area contributed by atoms with E-state index in [0.29, 0.717) is 19.5 Å². The quantitative estimate of drug-likeness (QED) is 0.632. The number of hydrogen-bond acceptors (Lipinski definition) is 3. The van der Waals surface area contributed by atoms with Crippen molar-refractivity contribution < 1.29 is 8.42 Å². The highest BCUT2D eigenvalue weighted by molar-refractivity contribution is 7.88. The fraction of sp³-hybridized carbons (Fsp3) is 0.318. The summed E-state index contributed by atoms with van der Waals surface area (Å²) in [6.45, 7) is 4.02. The Morgan fingerprint density at radius 1 is 1.11 bits per heavy atom. The van der Waals surface area contributed by atoms with Gasteiger partial charge in [0.25, 0.3) is 0 Å². The summed E-state index contributed by atoms with van der Waals surface area (Å²) < 4.78 is 29.4. The molecule has 1 aromatic carbocycles. The standard InChI is InChI=1S/C22H25N3O2S/c1-2-13-24-16-21(20-9-6-12-23-22(20)24)19-10-14-25(15-11-19)28(26,27)17-18-7-4-3-5-8-18/h3-10,12,16H,2,11,13-15,17H2,1H3. The molecule has 0 saturated carbocycles. The molecule has 0 amide bonds. The normalized spacial score (nSPS) is 15.7. The lowest BCUT2D eigenvalue weighted by atomic mass is 10.0. The second-order valence-corrected chi connectivity index (χ2v) is 9.16. The number of sulfonamides is 1. The Labute approximate surface area is 166 Å². The summed E-state index contributed by atoms with van der Waals surface area (Å²) in [6, 6.07) is 13.4. The minimum absolute atomic E-state index is 0.0523. The van der Waals surface area contributed by atoms with Gasteiger partial charge in [0.05, 0.1) is 5.75 Å². The zero-order valence-corrected chi connectivity index (χ0v) is 16.9. The van der Waals surface area contributed by atoms with Gasteiger partial charge >= 0.3 is 0 Å². The van der Waals surface area contributed by atoms with Crippen LogP contribution in [0.15, 0.2) is 60.9 Å². The van der Waals surface area contributed by atoms with Gasteiger partial charge in [-0.2, -0.15) is 4.31 Å². The van der Waals surface area contributed by atoms with Gasteiger partial charge in [0.2, 0.25) is 10.0 Å². The second kappa shape index (κ2) is 7.89. The van der Waals surface area contributed by atoms with Gasteiger partial charge in [0.1, 0.15) is 5.65 Å². The van der Waals surface area contributed by atoms with Crippen LogP contribution in [0.1, 0.15) is 30.9 Å². The Bertz CT molecular complexity index is 1100. The van der Waals surface area contributed by atoms with Crippen molar-refractivity contribution in [3.05, 3.63) is 72.1 Å². The lowest BCUT2D eigenvalue weighted by Gasteiger charge is -2.26. The molecule has 0 saturated heterocycles. The number of rotatable bonds is 6.